The van der Waals surface area contributed by atoms with E-state index in [2.05, 4.69) is 0 Å². The maximum Gasteiger partial charge on any atom is 0.308 e. The third-order valence-electron chi connectivity index (χ3n) is 6.22. The zero-order valence-corrected chi connectivity index (χ0v) is 17.4. The number of carbonyl (C=O) groups excluding carboxylic acids is 1. The molecule has 0 bridgehead atoms. The van der Waals surface area contributed by atoms with E-state index in [1.165, 1.54) is 7.11 Å². The van der Waals surface area contributed by atoms with Gasteiger partial charge in [-0.15, -0.1) is 0 Å². The summed E-state index contributed by atoms with van der Waals surface area (Å²) >= 11 is 0. The fraction of sp³-hybridized carbons (Fsp3) is 0.857. The van der Waals surface area contributed by atoms with Crippen LogP contribution in [0.4, 0.5) is 0 Å². The maximum absolute atomic E-state index is 12.0. The van der Waals surface area contributed by atoms with E-state index in [4.69, 9.17) is 4.74 Å². The molecule has 1 aliphatic carbocycles. The van der Waals surface area contributed by atoms with Gasteiger partial charge in [-0.05, 0) is 71.6 Å². The highest BCUT2D eigenvalue weighted by Crippen LogP contribution is 2.33. The first-order valence-corrected chi connectivity index (χ1v) is 9.95. The van der Waals surface area contributed by atoms with Crippen molar-refractivity contribution in [1.82, 2.24) is 0 Å². The average molecular weight is 387 g/mol. The Labute approximate surface area is 163 Å². The molecular formula is C21H38O6. The monoisotopic (exact) mass is 386 g/mol. The lowest BCUT2D eigenvalue weighted by Gasteiger charge is -2.35. The number of carbonyl (C=O) groups is 1. The van der Waals surface area contributed by atoms with Crippen molar-refractivity contribution < 1.29 is 30.0 Å². The SMILES string of the molecule is COC(=O)[C@H](C)[C@H]1CC[C@](C)(O)[C@@H](O)CC/C(C)=C/CC[C@@](C)(O)[C@@H](O)C1. The van der Waals surface area contributed by atoms with Crippen molar-refractivity contribution in [3.8, 4) is 0 Å². The second-order valence-electron chi connectivity index (χ2n) is 8.72. The van der Waals surface area contributed by atoms with Crippen molar-refractivity contribution in [2.45, 2.75) is 96.1 Å². The number of aliphatic hydroxyl groups excluding tert-OH is 2. The van der Waals surface area contributed by atoms with Crippen LogP contribution in [0.1, 0.15) is 72.6 Å². The molecule has 4 N–H and O–H groups in total. The Hall–Kier alpha value is -0.950. The smallest absolute Gasteiger partial charge is 0.308 e. The predicted octanol–water partition coefficient (Wildman–Crippen LogP) is 2.33. The molecule has 6 nitrogen and oxygen atoms in total. The Kier molecular flexibility index (Phi) is 8.93. The molecule has 1 aliphatic rings. The summed E-state index contributed by atoms with van der Waals surface area (Å²) in [5.41, 5.74) is -1.47. The largest absolute Gasteiger partial charge is 0.469 e. The van der Waals surface area contributed by atoms with Crippen LogP contribution in [0.15, 0.2) is 11.6 Å². The van der Waals surface area contributed by atoms with Crippen LogP contribution in [0, 0.1) is 11.8 Å². The van der Waals surface area contributed by atoms with E-state index in [0.717, 1.165) is 5.57 Å². The minimum Gasteiger partial charge on any atom is -0.469 e. The van der Waals surface area contributed by atoms with E-state index in [1.54, 1.807) is 20.8 Å². The van der Waals surface area contributed by atoms with Gasteiger partial charge in [0.05, 0.1) is 36.4 Å². The number of methoxy groups -OCH3 is 1. The van der Waals surface area contributed by atoms with Crippen LogP contribution >= 0.6 is 0 Å². The van der Waals surface area contributed by atoms with Crippen LogP contribution in [0.2, 0.25) is 0 Å². The summed E-state index contributed by atoms with van der Waals surface area (Å²) in [5, 5.41) is 42.5. The van der Waals surface area contributed by atoms with Crippen molar-refractivity contribution in [3.05, 3.63) is 11.6 Å². The Morgan fingerprint density at radius 1 is 1.15 bits per heavy atom. The molecule has 0 aliphatic heterocycles. The first-order chi connectivity index (χ1) is 12.4. The van der Waals surface area contributed by atoms with Gasteiger partial charge in [0.15, 0.2) is 0 Å². The van der Waals surface area contributed by atoms with Gasteiger partial charge >= 0.3 is 5.97 Å². The molecule has 27 heavy (non-hydrogen) atoms. The summed E-state index contributed by atoms with van der Waals surface area (Å²) in [5.74, 6) is -1.15. The number of aliphatic hydroxyl groups is 4. The molecule has 158 valence electrons. The van der Waals surface area contributed by atoms with E-state index >= 15 is 0 Å². The molecule has 0 saturated heterocycles. The second kappa shape index (κ2) is 10.0. The Bertz CT molecular complexity index is 511. The number of allylic oxidation sites excluding steroid dienone is 2. The van der Waals surface area contributed by atoms with Crippen LogP contribution in [-0.4, -0.2) is 56.9 Å². The van der Waals surface area contributed by atoms with E-state index in [1.807, 2.05) is 13.0 Å². The predicted molar refractivity (Wildman–Crippen MR) is 104 cm³/mol. The van der Waals surface area contributed by atoms with Gasteiger partial charge in [-0.2, -0.15) is 0 Å². The standard InChI is InChI=1S/C21H38O6/c1-14-7-6-11-20(3,25)18(23)13-16(15(2)19(24)27-5)10-12-21(4,26)17(22)9-8-14/h7,15-18,22-23,25-26H,6,8-13H2,1-5H3/b14-7+/t15-,16+,17+,18+,20-,21+/m1/s1. The molecule has 0 amide bonds. The zero-order chi connectivity index (χ0) is 20.8. The molecule has 6 heteroatoms. The number of hydrogen-bond acceptors (Lipinski definition) is 6. The normalized spacial score (nSPS) is 40.3. The molecule has 0 radical (unpaired) electrons. The van der Waals surface area contributed by atoms with Crippen LogP contribution in [0.3, 0.4) is 0 Å². The maximum atomic E-state index is 12.0. The van der Waals surface area contributed by atoms with E-state index in [9.17, 15) is 25.2 Å². The van der Waals surface area contributed by atoms with E-state index in [0.29, 0.717) is 32.1 Å². The number of ether oxygens (including phenoxy) is 1. The summed E-state index contributed by atoms with van der Waals surface area (Å²) in [6, 6.07) is 0. The Morgan fingerprint density at radius 3 is 2.33 bits per heavy atom. The lowest BCUT2D eigenvalue weighted by Crippen LogP contribution is -2.43. The molecule has 0 fully saturated rings. The van der Waals surface area contributed by atoms with E-state index in [-0.39, 0.29) is 24.7 Å². The summed E-state index contributed by atoms with van der Waals surface area (Å²) in [4.78, 5) is 12.0. The summed E-state index contributed by atoms with van der Waals surface area (Å²) in [7, 11) is 1.32. The highest BCUT2D eigenvalue weighted by Gasteiger charge is 2.37. The topological polar surface area (TPSA) is 107 Å². The quantitative estimate of drug-likeness (QED) is 0.429. The van der Waals surface area contributed by atoms with E-state index < -0.39 is 29.3 Å². The lowest BCUT2D eigenvalue weighted by atomic mass is 9.77. The van der Waals surface area contributed by atoms with Crippen molar-refractivity contribution in [1.29, 1.82) is 0 Å². The molecular weight excluding hydrogens is 348 g/mol. The molecule has 0 spiro atoms. The zero-order valence-electron chi connectivity index (χ0n) is 17.4. The van der Waals surface area contributed by atoms with Gasteiger partial charge in [-0.25, -0.2) is 0 Å². The fourth-order valence-electron chi connectivity index (χ4n) is 3.69. The number of esters is 1. The number of hydrogen-bond donors (Lipinski definition) is 4. The van der Waals surface area contributed by atoms with Gasteiger partial charge in [0.25, 0.3) is 0 Å². The van der Waals surface area contributed by atoms with Gasteiger partial charge in [-0.1, -0.05) is 18.6 Å². The highest BCUT2D eigenvalue weighted by molar-refractivity contribution is 5.72. The Morgan fingerprint density at radius 2 is 1.74 bits per heavy atom. The lowest BCUT2D eigenvalue weighted by molar-refractivity contribution is -0.148. The van der Waals surface area contributed by atoms with Crippen LogP contribution in [0.25, 0.3) is 0 Å². The van der Waals surface area contributed by atoms with Gasteiger partial charge in [0.2, 0.25) is 0 Å². The average Bonchev–Trinajstić information content (AvgIpc) is 2.60. The Balaban J connectivity index is 3.09. The van der Waals surface area contributed by atoms with Crippen LogP contribution in [0.5, 0.6) is 0 Å². The van der Waals surface area contributed by atoms with Gasteiger partial charge in [0, 0.05) is 0 Å². The third-order valence-corrected chi connectivity index (χ3v) is 6.22. The van der Waals surface area contributed by atoms with Gasteiger partial charge < -0.3 is 25.2 Å². The van der Waals surface area contributed by atoms with Crippen molar-refractivity contribution >= 4 is 5.97 Å². The molecule has 0 unspecified atom stereocenters. The van der Waals surface area contributed by atoms with Gasteiger partial charge in [-0.3, -0.25) is 4.79 Å². The first-order valence-electron chi connectivity index (χ1n) is 9.95. The summed E-state index contributed by atoms with van der Waals surface area (Å²) in [6.45, 7) is 6.92. The summed E-state index contributed by atoms with van der Waals surface area (Å²) in [6.07, 6.45) is 3.20. The van der Waals surface area contributed by atoms with Gasteiger partial charge in [0.1, 0.15) is 0 Å². The highest BCUT2D eigenvalue weighted by atomic mass is 16.5. The van der Waals surface area contributed by atoms with Crippen LogP contribution in [-0.2, 0) is 9.53 Å². The van der Waals surface area contributed by atoms with Crippen molar-refractivity contribution in [3.63, 3.8) is 0 Å². The molecule has 0 aromatic rings. The first kappa shape index (κ1) is 24.1. The molecule has 0 heterocycles. The van der Waals surface area contributed by atoms with Crippen molar-refractivity contribution in [2.75, 3.05) is 7.11 Å². The molecule has 0 aromatic carbocycles. The van der Waals surface area contributed by atoms with Crippen molar-refractivity contribution in [2.24, 2.45) is 11.8 Å². The molecule has 0 saturated carbocycles. The minimum absolute atomic E-state index is 0.220. The minimum atomic E-state index is -1.29. The fourth-order valence-corrected chi connectivity index (χ4v) is 3.69. The van der Waals surface area contributed by atoms with Crippen LogP contribution < -0.4 is 0 Å². The summed E-state index contributed by atoms with van der Waals surface area (Å²) < 4.78 is 4.84. The molecule has 0 aromatic heterocycles. The third kappa shape index (κ3) is 7.18. The second-order valence-corrected chi connectivity index (χ2v) is 8.72. The number of rotatable bonds is 2. The molecule has 1 rings (SSSR count). The molecule has 6 atom stereocenters.